The molecule has 0 atom stereocenters. The summed E-state index contributed by atoms with van der Waals surface area (Å²) in [4.78, 5) is 11.6. The molecule has 0 N–H and O–H groups in total. The number of aryl methyl sites for hydroxylation is 1. The van der Waals surface area contributed by atoms with Gasteiger partial charge in [-0.25, -0.2) is 4.79 Å². The van der Waals surface area contributed by atoms with Crippen LogP contribution in [0.4, 0.5) is 0 Å². The fourth-order valence-electron chi connectivity index (χ4n) is 4.45. The van der Waals surface area contributed by atoms with Gasteiger partial charge in [-0.05, 0) is 76.2 Å². The molecule has 0 amide bonds. The monoisotopic (exact) mass is 466 g/mol. The number of hydrogen-bond acceptors (Lipinski definition) is 3. The Kier molecular flexibility index (Phi) is 8.20. The fraction of sp³-hybridized carbons (Fsp3) is 0.281. The predicted octanol–water partition coefficient (Wildman–Crippen LogP) is 8.28. The average molecular weight is 467 g/mol. The molecule has 35 heavy (non-hydrogen) atoms. The van der Waals surface area contributed by atoms with Crippen molar-refractivity contribution in [2.24, 2.45) is 0 Å². The molecule has 0 saturated carbocycles. The summed E-state index contributed by atoms with van der Waals surface area (Å²) >= 11 is 0. The molecule has 0 heterocycles. The number of rotatable bonds is 11. The lowest BCUT2D eigenvalue weighted by Crippen LogP contribution is -2.12. The molecule has 0 saturated heterocycles. The maximum absolute atomic E-state index is 11.6. The maximum atomic E-state index is 11.6. The molecule has 3 nitrogen and oxygen atoms in total. The third-order valence-corrected chi connectivity index (χ3v) is 6.33. The summed E-state index contributed by atoms with van der Waals surface area (Å²) in [6.45, 7) is 7.97. The van der Waals surface area contributed by atoms with Crippen molar-refractivity contribution in [1.82, 2.24) is 0 Å². The van der Waals surface area contributed by atoms with E-state index in [4.69, 9.17) is 9.47 Å². The van der Waals surface area contributed by atoms with Crippen LogP contribution in [0.5, 0.6) is 5.75 Å². The molecule has 0 aliphatic rings. The summed E-state index contributed by atoms with van der Waals surface area (Å²) in [5.74, 6) is 0.364. The van der Waals surface area contributed by atoms with E-state index >= 15 is 0 Å². The number of carbonyl (C=O) groups is 1. The van der Waals surface area contributed by atoms with Crippen LogP contribution in [0.1, 0.15) is 45.1 Å². The number of esters is 1. The molecular weight excluding hydrogens is 432 g/mol. The van der Waals surface area contributed by atoms with E-state index in [1.54, 1.807) is 6.92 Å². The van der Waals surface area contributed by atoms with Crippen LogP contribution in [-0.2, 0) is 16.0 Å². The lowest BCUT2D eigenvalue weighted by Gasteiger charge is -2.14. The van der Waals surface area contributed by atoms with E-state index in [-0.39, 0.29) is 6.61 Å². The van der Waals surface area contributed by atoms with Gasteiger partial charge >= 0.3 is 5.97 Å². The van der Waals surface area contributed by atoms with E-state index in [2.05, 4.69) is 80.2 Å². The summed E-state index contributed by atoms with van der Waals surface area (Å²) in [5, 5.41) is 4.77. The van der Waals surface area contributed by atoms with Gasteiger partial charge in [0, 0.05) is 5.57 Å². The molecule has 0 spiro atoms. The first kappa shape index (κ1) is 24.5. The van der Waals surface area contributed by atoms with Crippen molar-refractivity contribution >= 4 is 27.5 Å². The van der Waals surface area contributed by atoms with Gasteiger partial charge in [0.2, 0.25) is 0 Å². The van der Waals surface area contributed by atoms with E-state index in [0.29, 0.717) is 12.2 Å². The molecule has 180 valence electrons. The second-order valence-electron chi connectivity index (χ2n) is 9.13. The molecule has 0 unspecified atom stereocenters. The molecule has 0 bridgehead atoms. The third-order valence-electron chi connectivity index (χ3n) is 6.33. The quantitative estimate of drug-likeness (QED) is 0.0965. The SMILES string of the molecule is C=C(C)C(=O)OCCOc1ccc2cc3ccccc3c(-c3ccc(CCCCCC)cc3)c2c1. The molecule has 4 rings (SSSR count). The minimum Gasteiger partial charge on any atom is -0.490 e. The molecule has 3 heteroatoms. The second kappa shape index (κ2) is 11.7. The summed E-state index contributed by atoms with van der Waals surface area (Å²) < 4.78 is 11.1. The maximum Gasteiger partial charge on any atom is 0.333 e. The molecule has 0 fully saturated rings. The number of unbranched alkanes of at least 4 members (excludes halogenated alkanes) is 3. The second-order valence-corrected chi connectivity index (χ2v) is 9.13. The van der Waals surface area contributed by atoms with Gasteiger partial charge in [0.05, 0.1) is 0 Å². The highest BCUT2D eigenvalue weighted by Gasteiger charge is 2.12. The summed E-state index contributed by atoms with van der Waals surface area (Å²) in [7, 11) is 0. The first-order valence-corrected chi connectivity index (χ1v) is 12.6. The largest absolute Gasteiger partial charge is 0.490 e. The van der Waals surface area contributed by atoms with E-state index < -0.39 is 5.97 Å². The smallest absolute Gasteiger partial charge is 0.333 e. The Morgan fingerprint density at radius 3 is 2.37 bits per heavy atom. The van der Waals surface area contributed by atoms with Crippen LogP contribution in [-0.4, -0.2) is 19.2 Å². The van der Waals surface area contributed by atoms with Gasteiger partial charge in [0.25, 0.3) is 0 Å². The first-order chi connectivity index (χ1) is 17.1. The van der Waals surface area contributed by atoms with Gasteiger partial charge < -0.3 is 9.47 Å². The standard InChI is InChI=1S/C32H34O3/c1-4-5-6-7-10-24-13-15-25(16-14-24)31-29-12-9-8-11-26(29)21-27-17-18-28(22-30(27)31)34-19-20-35-32(33)23(2)3/h8-9,11-18,21-22H,2,4-7,10,19-20H2,1,3H3. The van der Waals surface area contributed by atoms with Crippen molar-refractivity contribution < 1.29 is 14.3 Å². The third kappa shape index (κ3) is 6.10. The molecule has 4 aromatic rings. The summed E-state index contributed by atoms with van der Waals surface area (Å²) in [6, 6.07) is 26.0. The van der Waals surface area contributed by atoms with Crippen LogP contribution in [0.3, 0.4) is 0 Å². The average Bonchev–Trinajstić information content (AvgIpc) is 2.88. The number of benzene rings is 4. The number of ether oxygens (including phenoxy) is 2. The van der Waals surface area contributed by atoms with Crippen LogP contribution >= 0.6 is 0 Å². The Hall–Kier alpha value is -3.59. The highest BCUT2D eigenvalue weighted by Crippen LogP contribution is 2.38. The normalized spacial score (nSPS) is 11.0. The zero-order valence-electron chi connectivity index (χ0n) is 20.8. The van der Waals surface area contributed by atoms with E-state index in [9.17, 15) is 4.79 Å². The zero-order chi connectivity index (χ0) is 24.6. The minimum atomic E-state index is -0.394. The topological polar surface area (TPSA) is 35.5 Å². The van der Waals surface area contributed by atoms with E-state index in [1.807, 2.05) is 6.07 Å². The van der Waals surface area contributed by atoms with Crippen molar-refractivity contribution in [3.8, 4) is 16.9 Å². The van der Waals surface area contributed by atoms with Crippen molar-refractivity contribution in [2.45, 2.75) is 46.0 Å². The Balaban J connectivity index is 1.63. The van der Waals surface area contributed by atoms with Crippen molar-refractivity contribution in [3.05, 3.63) is 90.5 Å². The highest BCUT2D eigenvalue weighted by atomic mass is 16.6. The minimum absolute atomic E-state index is 0.189. The fourth-order valence-corrected chi connectivity index (χ4v) is 4.45. The Morgan fingerprint density at radius 1 is 0.829 bits per heavy atom. The van der Waals surface area contributed by atoms with Gasteiger partial charge in [-0.2, -0.15) is 0 Å². The van der Waals surface area contributed by atoms with Gasteiger partial charge in [-0.3, -0.25) is 0 Å². The van der Waals surface area contributed by atoms with Crippen LogP contribution in [0.15, 0.2) is 84.9 Å². The molecular formula is C32H34O3. The van der Waals surface area contributed by atoms with Gasteiger partial charge in [0.1, 0.15) is 19.0 Å². The van der Waals surface area contributed by atoms with E-state index in [1.165, 1.54) is 58.5 Å². The molecule has 0 radical (unpaired) electrons. The van der Waals surface area contributed by atoms with Crippen molar-refractivity contribution in [2.75, 3.05) is 13.2 Å². The molecule has 0 aromatic heterocycles. The van der Waals surface area contributed by atoms with Crippen molar-refractivity contribution in [3.63, 3.8) is 0 Å². The summed E-state index contributed by atoms with van der Waals surface area (Å²) in [5.41, 5.74) is 4.20. The predicted molar refractivity (Wildman–Crippen MR) is 146 cm³/mol. The van der Waals surface area contributed by atoms with Gasteiger partial charge in [-0.15, -0.1) is 0 Å². The van der Waals surface area contributed by atoms with Gasteiger partial charge in [-0.1, -0.05) is 87.4 Å². The van der Waals surface area contributed by atoms with Crippen LogP contribution in [0, 0.1) is 0 Å². The first-order valence-electron chi connectivity index (χ1n) is 12.6. The summed E-state index contributed by atoms with van der Waals surface area (Å²) in [6.07, 6.45) is 6.23. The number of hydrogen-bond donors (Lipinski definition) is 0. The Morgan fingerprint density at radius 2 is 1.60 bits per heavy atom. The Bertz CT molecular complexity index is 1320. The molecule has 4 aromatic carbocycles. The lowest BCUT2D eigenvalue weighted by atomic mass is 9.91. The van der Waals surface area contributed by atoms with Crippen LogP contribution in [0.25, 0.3) is 32.7 Å². The highest BCUT2D eigenvalue weighted by molar-refractivity contribution is 6.12. The van der Waals surface area contributed by atoms with Crippen molar-refractivity contribution in [1.29, 1.82) is 0 Å². The van der Waals surface area contributed by atoms with E-state index in [0.717, 1.165) is 17.6 Å². The zero-order valence-corrected chi connectivity index (χ0v) is 20.8. The number of carbonyl (C=O) groups excluding carboxylic acids is 1. The Labute approximate surface area is 208 Å². The van der Waals surface area contributed by atoms with Crippen LogP contribution < -0.4 is 4.74 Å². The molecule has 0 aliphatic carbocycles. The van der Waals surface area contributed by atoms with Gasteiger partial charge in [0.15, 0.2) is 0 Å². The molecule has 0 aliphatic heterocycles. The number of fused-ring (bicyclic) bond motifs is 2. The lowest BCUT2D eigenvalue weighted by molar-refractivity contribution is -0.139. The van der Waals surface area contributed by atoms with Crippen LogP contribution in [0.2, 0.25) is 0 Å².